The number of carbonyl (C=O) groups excluding carboxylic acids is 2. The molecule has 1 fully saturated rings. The number of rotatable bonds is 40. The monoisotopic (exact) mass is 849 g/mol. The largest absolute Gasteiger partial charge is 0.462 e. The van der Waals surface area contributed by atoms with Crippen LogP contribution in [0.4, 0.5) is 0 Å². The van der Waals surface area contributed by atoms with Crippen LogP contribution < -0.4 is 0 Å². The minimum atomic E-state index is -1.60. The SMILES string of the molecule is CC/C=C\C/C=C\C/C=C\CCCCCCCCCC(=O)OC(COC(=O)CCCCCCCCC/C=C\CCCCCCCCC)COC1OC(CO)C(O)C(O)C1O. The molecule has 4 N–H and O–H groups in total. The highest BCUT2D eigenvalue weighted by molar-refractivity contribution is 5.70. The molecule has 10 heteroatoms. The van der Waals surface area contributed by atoms with Crippen molar-refractivity contribution in [1.82, 2.24) is 0 Å². The molecular formula is C50H88O10. The number of hydrogen-bond acceptors (Lipinski definition) is 10. The van der Waals surface area contributed by atoms with Gasteiger partial charge in [0.15, 0.2) is 12.4 Å². The number of esters is 2. The van der Waals surface area contributed by atoms with Crippen molar-refractivity contribution in [3.8, 4) is 0 Å². The van der Waals surface area contributed by atoms with Crippen molar-refractivity contribution >= 4 is 11.9 Å². The highest BCUT2D eigenvalue weighted by Gasteiger charge is 2.44. The molecular weight excluding hydrogens is 761 g/mol. The van der Waals surface area contributed by atoms with Gasteiger partial charge in [0.2, 0.25) is 0 Å². The third kappa shape index (κ3) is 31.5. The van der Waals surface area contributed by atoms with E-state index in [0.29, 0.717) is 6.42 Å². The molecule has 6 atom stereocenters. The Morgan fingerprint density at radius 1 is 0.533 bits per heavy atom. The molecule has 0 aromatic carbocycles. The van der Waals surface area contributed by atoms with Crippen LogP contribution in [0.2, 0.25) is 0 Å². The molecule has 0 radical (unpaired) electrons. The van der Waals surface area contributed by atoms with E-state index >= 15 is 0 Å². The van der Waals surface area contributed by atoms with E-state index in [9.17, 15) is 30.0 Å². The maximum absolute atomic E-state index is 12.8. The van der Waals surface area contributed by atoms with E-state index in [1.165, 1.54) is 89.9 Å². The molecule has 60 heavy (non-hydrogen) atoms. The molecule has 1 heterocycles. The van der Waals surface area contributed by atoms with E-state index < -0.39 is 49.4 Å². The lowest BCUT2D eigenvalue weighted by Gasteiger charge is -2.39. The standard InChI is InChI=1S/C50H88O10/c1-3-5-7-9-11-13-15-17-19-21-23-24-26-28-30-32-34-36-38-45(52)57-41-43(42-58-50-49(56)48(55)47(54)44(40-51)60-50)59-46(53)39-37-35-33-31-29-27-25-22-20-18-16-14-12-10-8-6-4-2/h6,8,12,14,18-21,43-44,47-51,54-56H,3-5,7,9-11,13,15-17,22-42H2,1-2H3/b8-6-,14-12-,20-18-,21-19-. The molecule has 0 spiro atoms. The summed E-state index contributed by atoms with van der Waals surface area (Å²) in [6.07, 6.45) is 41.1. The molecule has 1 aliphatic heterocycles. The fourth-order valence-corrected chi connectivity index (χ4v) is 7.14. The van der Waals surface area contributed by atoms with Crippen molar-refractivity contribution in [2.45, 2.75) is 237 Å². The zero-order valence-electron chi connectivity index (χ0n) is 37.9. The summed E-state index contributed by atoms with van der Waals surface area (Å²) in [5.41, 5.74) is 0. The Balaban J connectivity index is 2.30. The quantitative estimate of drug-likeness (QED) is 0.0266. The number of aliphatic hydroxyl groups excluding tert-OH is 4. The second-order valence-corrected chi connectivity index (χ2v) is 16.5. The summed E-state index contributed by atoms with van der Waals surface area (Å²) >= 11 is 0. The van der Waals surface area contributed by atoms with Gasteiger partial charge in [-0.3, -0.25) is 9.59 Å². The van der Waals surface area contributed by atoms with E-state index in [1.54, 1.807) is 0 Å². The van der Waals surface area contributed by atoms with Gasteiger partial charge in [-0.25, -0.2) is 0 Å². The maximum Gasteiger partial charge on any atom is 0.306 e. The molecule has 6 unspecified atom stereocenters. The van der Waals surface area contributed by atoms with E-state index in [4.69, 9.17) is 18.9 Å². The van der Waals surface area contributed by atoms with Gasteiger partial charge >= 0.3 is 11.9 Å². The molecule has 348 valence electrons. The van der Waals surface area contributed by atoms with Crippen LogP contribution in [0.5, 0.6) is 0 Å². The lowest BCUT2D eigenvalue weighted by molar-refractivity contribution is -0.305. The highest BCUT2D eigenvalue weighted by Crippen LogP contribution is 2.23. The molecule has 1 aliphatic rings. The first-order valence-corrected chi connectivity index (χ1v) is 24.2. The van der Waals surface area contributed by atoms with Crippen LogP contribution in [0.3, 0.4) is 0 Å². The molecule has 1 saturated heterocycles. The average molecular weight is 849 g/mol. The van der Waals surface area contributed by atoms with Crippen LogP contribution in [0, 0.1) is 0 Å². The molecule has 0 amide bonds. The van der Waals surface area contributed by atoms with Crippen LogP contribution in [0.1, 0.15) is 200 Å². The number of allylic oxidation sites excluding steroid dienone is 8. The normalized spacial score (nSPS) is 20.3. The Hall–Kier alpha value is -2.34. The zero-order chi connectivity index (χ0) is 43.7. The molecule has 0 aromatic rings. The Bertz CT molecular complexity index is 1120. The average Bonchev–Trinajstić information content (AvgIpc) is 3.25. The minimum Gasteiger partial charge on any atom is -0.462 e. The fraction of sp³-hybridized carbons (Fsp3) is 0.800. The topological polar surface area (TPSA) is 152 Å². The van der Waals surface area contributed by atoms with Gasteiger partial charge in [0, 0.05) is 12.8 Å². The first-order chi connectivity index (χ1) is 29.3. The smallest absolute Gasteiger partial charge is 0.306 e. The first-order valence-electron chi connectivity index (χ1n) is 24.2. The Kier molecular flexibility index (Phi) is 37.8. The summed E-state index contributed by atoms with van der Waals surface area (Å²) in [5, 5.41) is 40.1. The second-order valence-electron chi connectivity index (χ2n) is 16.5. The molecule has 10 nitrogen and oxygen atoms in total. The summed E-state index contributed by atoms with van der Waals surface area (Å²) in [4.78, 5) is 25.4. The molecule has 0 bridgehead atoms. The predicted molar refractivity (Wildman–Crippen MR) is 242 cm³/mol. The lowest BCUT2D eigenvalue weighted by Crippen LogP contribution is -2.59. The van der Waals surface area contributed by atoms with E-state index in [-0.39, 0.29) is 32.0 Å². The summed E-state index contributed by atoms with van der Waals surface area (Å²) in [6, 6.07) is 0. The van der Waals surface area contributed by atoms with Crippen molar-refractivity contribution in [3.63, 3.8) is 0 Å². The van der Waals surface area contributed by atoms with Crippen molar-refractivity contribution < 1.29 is 49.0 Å². The van der Waals surface area contributed by atoms with Gasteiger partial charge in [-0.2, -0.15) is 0 Å². The first kappa shape index (κ1) is 55.7. The maximum atomic E-state index is 12.8. The Morgan fingerprint density at radius 2 is 0.983 bits per heavy atom. The number of hydrogen-bond donors (Lipinski definition) is 4. The molecule has 0 aliphatic carbocycles. The molecule has 0 saturated carbocycles. The lowest BCUT2D eigenvalue weighted by atomic mass is 9.99. The van der Waals surface area contributed by atoms with Gasteiger partial charge in [0.1, 0.15) is 31.0 Å². The minimum absolute atomic E-state index is 0.217. The number of unbranched alkanes of at least 4 members (excludes halogenated alkanes) is 21. The van der Waals surface area contributed by atoms with Gasteiger partial charge in [-0.05, 0) is 70.6 Å². The number of carbonyl (C=O) groups is 2. The van der Waals surface area contributed by atoms with Crippen LogP contribution in [-0.2, 0) is 28.5 Å². The Morgan fingerprint density at radius 3 is 1.50 bits per heavy atom. The summed E-state index contributed by atoms with van der Waals surface area (Å²) in [6.45, 7) is 3.31. The molecule has 1 rings (SSSR count). The summed E-state index contributed by atoms with van der Waals surface area (Å²) < 4.78 is 22.2. The highest BCUT2D eigenvalue weighted by atomic mass is 16.7. The summed E-state index contributed by atoms with van der Waals surface area (Å²) in [5.74, 6) is -0.821. The third-order valence-corrected chi connectivity index (χ3v) is 10.9. The predicted octanol–water partition coefficient (Wildman–Crippen LogP) is 10.8. The van der Waals surface area contributed by atoms with Crippen molar-refractivity contribution in [2.24, 2.45) is 0 Å². The van der Waals surface area contributed by atoms with Crippen molar-refractivity contribution in [1.29, 1.82) is 0 Å². The van der Waals surface area contributed by atoms with Crippen LogP contribution in [-0.4, -0.2) is 89.0 Å². The number of aliphatic hydroxyl groups is 4. The number of ether oxygens (including phenoxy) is 4. The van der Waals surface area contributed by atoms with Gasteiger partial charge in [-0.1, -0.05) is 165 Å². The zero-order valence-corrected chi connectivity index (χ0v) is 37.9. The van der Waals surface area contributed by atoms with Crippen molar-refractivity contribution in [3.05, 3.63) is 48.6 Å². The second kappa shape index (κ2) is 40.7. The third-order valence-electron chi connectivity index (χ3n) is 10.9. The van der Waals surface area contributed by atoms with Gasteiger partial charge in [0.25, 0.3) is 0 Å². The van der Waals surface area contributed by atoms with Gasteiger partial charge in [0.05, 0.1) is 13.2 Å². The van der Waals surface area contributed by atoms with Crippen molar-refractivity contribution in [2.75, 3.05) is 19.8 Å². The van der Waals surface area contributed by atoms with Crippen LogP contribution >= 0.6 is 0 Å². The summed E-state index contributed by atoms with van der Waals surface area (Å²) in [7, 11) is 0. The van der Waals surface area contributed by atoms with Crippen LogP contribution in [0.15, 0.2) is 48.6 Å². The molecule has 0 aromatic heterocycles. The van der Waals surface area contributed by atoms with E-state index in [2.05, 4.69) is 62.5 Å². The van der Waals surface area contributed by atoms with Gasteiger partial charge < -0.3 is 39.4 Å². The fourth-order valence-electron chi connectivity index (χ4n) is 7.14. The Labute approximate surface area is 365 Å². The van der Waals surface area contributed by atoms with Crippen LogP contribution in [0.25, 0.3) is 0 Å². The van der Waals surface area contributed by atoms with E-state index in [0.717, 1.165) is 77.0 Å². The van der Waals surface area contributed by atoms with Gasteiger partial charge in [-0.15, -0.1) is 0 Å². The van der Waals surface area contributed by atoms with E-state index in [1.807, 2.05) is 0 Å².